The zero-order valence-electron chi connectivity index (χ0n) is 14.5. The predicted molar refractivity (Wildman–Crippen MR) is 99.3 cm³/mol. The molecule has 0 heterocycles. The minimum atomic E-state index is -0.0708. The number of benzene rings is 2. The Hall–Kier alpha value is -2.20. The van der Waals surface area contributed by atoms with Crippen molar-refractivity contribution >= 4 is 17.8 Å². The Balaban J connectivity index is 2.07. The van der Waals surface area contributed by atoms with E-state index in [-0.39, 0.29) is 5.54 Å². The van der Waals surface area contributed by atoms with Gasteiger partial charge in [0.1, 0.15) is 6.61 Å². The molecule has 0 unspecified atom stereocenters. The van der Waals surface area contributed by atoms with E-state index in [0.29, 0.717) is 23.1 Å². The van der Waals surface area contributed by atoms with Crippen molar-refractivity contribution in [1.29, 1.82) is 0 Å². The molecule has 2 rings (SSSR count). The number of methoxy groups -OCH3 is 1. The summed E-state index contributed by atoms with van der Waals surface area (Å²) >= 11 is 6.15. The van der Waals surface area contributed by atoms with Gasteiger partial charge in [0.2, 0.25) is 0 Å². The lowest BCUT2D eigenvalue weighted by Gasteiger charge is -2.17. The number of halogens is 1. The van der Waals surface area contributed by atoms with Gasteiger partial charge >= 0.3 is 0 Å². The summed E-state index contributed by atoms with van der Waals surface area (Å²) in [5.74, 6) is 1.32. The fraction of sp³-hybridized carbons (Fsp3) is 0.316. The van der Waals surface area contributed by atoms with Crippen molar-refractivity contribution in [2.45, 2.75) is 32.9 Å². The second kappa shape index (κ2) is 8.06. The number of nitrogens with one attached hydrogen (secondary N) is 1. The molecule has 24 heavy (non-hydrogen) atoms. The molecule has 0 saturated carbocycles. The molecule has 2 aromatic carbocycles. The molecule has 0 aliphatic heterocycles. The number of hydrazone groups is 1. The lowest BCUT2D eigenvalue weighted by molar-refractivity contribution is 0.284. The molecule has 0 aliphatic carbocycles. The fourth-order valence-corrected chi connectivity index (χ4v) is 2.15. The van der Waals surface area contributed by atoms with Gasteiger partial charge < -0.3 is 14.9 Å². The first kappa shape index (κ1) is 18.1. The van der Waals surface area contributed by atoms with Gasteiger partial charge in [-0.25, -0.2) is 0 Å². The topological polar surface area (TPSA) is 42.8 Å². The zero-order chi connectivity index (χ0) is 17.6. The van der Waals surface area contributed by atoms with E-state index in [9.17, 15) is 0 Å². The van der Waals surface area contributed by atoms with Crippen LogP contribution in [-0.2, 0) is 6.61 Å². The Kier molecular flexibility index (Phi) is 6.10. The molecule has 0 bridgehead atoms. The zero-order valence-corrected chi connectivity index (χ0v) is 15.2. The van der Waals surface area contributed by atoms with E-state index >= 15 is 0 Å². The molecule has 2 aromatic rings. The van der Waals surface area contributed by atoms with Gasteiger partial charge in [-0.15, -0.1) is 0 Å². The molecule has 0 fully saturated rings. The third-order valence-corrected chi connectivity index (χ3v) is 3.51. The van der Waals surface area contributed by atoms with E-state index in [1.165, 1.54) is 0 Å². The molecule has 4 nitrogen and oxygen atoms in total. The Morgan fingerprint density at radius 2 is 1.88 bits per heavy atom. The van der Waals surface area contributed by atoms with Crippen molar-refractivity contribution in [3.8, 4) is 11.5 Å². The van der Waals surface area contributed by atoms with Crippen LogP contribution in [0.3, 0.4) is 0 Å². The predicted octanol–water partition coefficient (Wildman–Crippen LogP) is 4.65. The second-order valence-corrected chi connectivity index (χ2v) is 6.82. The van der Waals surface area contributed by atoms with Gasteiger partial charge in [-0.2, -0.15) is 5.10 Å². The van der Waals surface area contributed by atoms with E-state index in [1.807, 2.05) is 42.5 Å². The van der Waals surface area contributed by atoms with Gasteiger partial charge in [0, 0.05) is 16.1 Å². The average molecular weight is 347 g/mol. The lowest BCUT2D eigenvalue weighted by Crippen LogP contribution is -2.31. The van der Waals surface area contributed by atoms with Crippen LogP contribution >= 0.6 is 11.6 Å². The number of ether oxygens (including phenoxy) is 2. The summed E-state index contributed by atoms with van der Waals surface area (Å²) in [7, 11) is 1.62. The molecule has 0 amide bonds. The highest BCUT2D eigenvalue weighted by Gasteiger charge is 2.08. The third kappa shape index (κ3) is 5.46. The van der Waals surface area contributed by atoms with Crippen LogP contribution in [0.5, 0.6) is 11.5 Å². The molecule has 5 heteroatoms. The van der Waals surface area contributed by atoms with E-state index in [4.69, 9.17) is 21.1 Å². The lowest BCUT2D eigenvalue weighted by atomic mass is 10.1. The number of hydrogen-bond donors (Lipinski definition) is 1. The van der Waals surface area contributed by atoms with E-state index < -0.39 is 0 Å². The standard InChI is InChI=1S/C19H23ClN2O2/c1-19(2,3)22-21-12-14-9-10-17(18(11-14)23-4)24-13-15-7-5-6-8-16(15)20/h5-12,22H,13H2,1-4H3. The van der Waals surface area contributed by atoms with Crippen LogP contribution in [0.2, 0.25) is 5.02 Å². The summed E-state index contributed by atoms with van der Waals surface area (Å²) in [5.41, 5.74) is 4.84. The summed E-state index contributed by atoms with van der Waals surface area (Å²) in [6.07, 6.45) is 1.76. The maximum Gasteiger partial charge on any atom is 0.161 e. The SMILES string of the molecule is COc1cc(C=NNC(C)(C)C)ccc1OCc1ccccc1Cl. The van der Waals surface area contributed by atoms with Gasteiger partial charge in [-0.1, -0.05) is 29.8 Å². The Morgan fingerprint density at radius 3 is 2.54 bits per heavy atom. The Bertz CT molecular complexity index is 709. The van der Waals surface area contributed by atoms with Gasteiger partial charge in [-0.05, 0) is 50.6 Å². The highest BCUT2D eigenvalue weighted by Crippen LogP contribution is 2.29. The Labute approximate surface area is 148 Å². The molecule has 0 spiro atoms. The number of hydrogen-bond acceptors (Lipinski definition) is 4. The van der Waals surface area contributed by atoms with Crippen molar-refractivity contribution < 1.29 is 9.47 Å². The molecular formula is C19H23ClN2O2. The molecule has 1 N–H and O–H groups in total. The van der Waals surface area contributed by atoms with Crippen molar-refractivity contribution in [1.82, 2.24) is 5.43 Å². The van der Waals surface area contributed by atoms with Crippen LogP contribution in [0.4, 0.5) is 0 Å². The minimum absolute atomic E-state index is 0.0708. The molecule has 0 saturated heterocycles. The molecule has 0 radical (unpaired) electrons. The molecule has 0 aliphatic rings. The number of nitrogens with zero attached hydrogens (tertiary/aromatic N) is 1. The van der Waals surface area contributed by atoms with Gasteiger partial charge in [-0.3, -0.25) is 0 Å². The van der Waals surface area contributed by atoms with Crippen LogP contribution in [0.1, 0.15) is 31.9 Å². The molecule has 128 valence electrons. The smallest absolute Gasteiger partial charge is 0.161 e. The van der Waals surface area contributed by atoms with Crippen LogP contribution < -0.4 is 14.9 Å². The fourth-order valence-electron chi connectivity index (χ4n) is 1.96. The van der Waals surface area contributed by atoms with E-state index in [0.717, 1.165) is 11.1 Å². The van der Waals surface area contributed by atoms with Gasteiger partial charge in [0.15, 0.2) is 11.5 Å². The van der Waals surface area contributed by atoms with Crippen LogP contribution in [0.15, 0.2) is 47.6 Å². The van der Waals surface area contributed by atoms with Crippen LogP contribution in [-0.4, -0.2) is 18.9 Å². The summed E-state index contributed by atoms with van der Waals surface area (Å²) in [6.45, 7) is 6.54. The number of rotatable bonds is 6. The van der Waals surface area contributed by atoms with Crippen molar-refractivity contribution in [2.24, 2.45) is 5.10 Å². The normalized spacial score (nSPS) is 11.5. The summed E-state index contributed by atoms with van der Waals surface area (Å²) in [4.78, 5) is 0. The quantitative estimate of drug-likeness (QED) is 0.611. The largest absolute Gasteiger partial charge is 0.493 e. The molecule has 0 aromatic heterocycles. The van der Waals surface area contributed by atoms with Gasteiger partial charge in [0.25, 0.3) is 0 Å². The average Bonchev–Trinajstić information content (AvgIpc) is 2.53. The minimum Gasteiger partial charge on any atom is -0.493 e. The first-order valence-corrected chi connectivity index (χ1v) is 8.11. The summed E-state index contributed by atoms with van der Waals surface area (Å²) < 4.78 is 11.3. The maximum absolute atomic E-state index is 6.15. The third-order valence-electron chi connectivity index (χ3n) is 3.14. The van der Waals surface area contributed by atoms with Crippen molar-refractivity contribution in [3.05, 3.63) is 58.6 Å². The van der Waals surface area contributed by atoms with Crippen LogP contribution in [0.25, 0.3) is 0 Å². The van der Waals surface area contributed by atoms with E-state index in [1.54, 1.807) is 13.3 Å². The van der Waals surface area contributed by atoms with Crippen molar-refractivity contribution in [2.75, 3.05) is 7.11 Å². The maximum atomic E-state index is 6.15. The molecular weight excluding hydrogens is 324 g/mol. The van der Waals surface area contributed by atoms with Crippen molar-refractivity contribution in [3.63, 3.8) is 0 Å². The van der Waals surface area contributed by atoms with E-state index in [2.05, 4.69) is 31.3 Å². The second-order valence-electron chi connectivity index (χ2n) is 6.41. The van der Waals surface area contributed by atoms with Crippen LogP contribution in [0, 0.1) is 0 Å². The first-order chi connectivity index (χ1) is 11.4. The summed E-state index contributed by atoms with van der Waals surface area (Å²) in [6, 6.07) is 13.3. The highest BCUT2D eigenvalue weighted by atomic mass is 35.5. The summed E-state index contributed by atoms with van der Waals surface area (Å²) in [5, 5.41) is 4.92. The first-order valence-electron chi connectivity index (χ1n) is 7.73. The monoisotopic (exact) mass is 346 g/mol. The highest BCUT2D eigenvalue weighted by molar-refractivity contribution is 6.31. The van der Waals surface area contributed by atoms with Gasteiger partial charge in [0.05, 0.1) is 13.3 Å². The molecule has 0 atom stereocenters. The Morgan fingerprint density at radius 1 is 1.12 bits per heavy atom.